The number of rotatable bonds is 4. The summed E-state index contributed by atoms with van der Waals surface area (Å²) in [5.41, 5.74) is 3.04. The molecule has 0 radical (unpaired) electrons. The molecule has 130 valence electrons. The Bertz CT molecular complexity index is 990. The number of anilines is 1. The summed E-state index contributed by atoms with van der Waals surface area (Å²) in [6.45, 7) is 2.13. The minimum Gasteiger partial charge on any atom is -1.00 e. The second-order valence-electron chi connectivity index (χ2n) is 5.93. The highest BCUT2D eigenvalue weighted by Gasteiger charge is 2.12. The lowest BCUT2D eigenvalue weighted by molar-refractivity contribution is -0.00000515. The largest absolute Gasteiger partial charge is 1.00 e. The normalized spacial score (nSPS) is 11.6. The van der Waals surface area contributed by atoms with Crippen LogP contribution in [0.25, 0.3) is 22.3 Å². The fourth-order valence-electron chi connectivity index (χ4n) is 2.84. The quantitative estimate of drug-likeness (QED) is 0.603. The van der Waals surface area contributed by atoms with Crippen LogP contribution >= 0.6 is 0 Å². The van der Waals surface area contributed by atoms with Crippen molar-refractivity contribution in [3.63, 3.8) is 0 Å². The van der Waals surface area contributed by atoms with Gasteiger partial charge in [0.05, 0.1) is 5.52 Å². The Morgan fingerprint density at radius 1 is 0.846 bits per heavy atom. The fraction of sp³-hybridized carbons (Fsp3) is 0.0952. The molecule has 4 rings (SSSR count). The minimum atomic E-state index is 0. The molecule has 4 aromatic rings. The van der Waals surface area contributed by atoms with Crippen molar-refractivity contribution in [3.05, 3.63) is 84.7 Å². The molecule has 2 aromatic carbocycles. The van der Waals surface area contributed by atoms with Crippen LogP contribution in [0.5, 0.6) is 0 Å². The average Bonchev–Trinajstić information content (AvgIpc) is 2.69. The number of hydrogen-bond donors (Lipinski definition) is 1. The van der Waals surface area contributed by atoms with Crippen molar-refractivity contribution >= 4 is 16.7 Å². The van der Waals surface area contributed by atoms with E-state index >= 15 is 0 Å². The van der Waals surface area contributed by atoms with E-state index in [4.69, 9.17) is 9.97 Å². The molecule has 2 aromatic heterocycles. The van der Waals surface area contributed by atoms with Crippen molar-refractivity contribution in [3.8, 4) is 11.4 Å². The number of halogens is 1. The molecule has 5 heteroatoms. The Labute approximate surface area is 158 Å². The third-order valence-corrected chi connectivity index (χ3v) is 4.18. The molecule has 0 fully saturated rings. The van der Waals surface area contributed by atoms with Crippen LogP contribution in [0.4, 0.5) is 5.82 Å². The van der Waals surface area contributed by atoms with Crippen LogP contribution < -0.4 is 17.7 Å². The van der Waals surface area contributed by atoms with Gasteiger partial charge in [-0.2, -0.15) is 0 Å². The van der Waals surface area contributed by atoms with Gasteiger partial charge in [-0.25, -0.2) is 9.97 Å². The van der Waals surface area contributed by atoms with Crippen LogP contribution in [0, 0.1) is 0 Å². The lowest BCUT2D eigenvalue weighted by Crippen LogP contribution is -3.00. The summed E-state index contributed by atoms with van der Waals surface area (Å²) >= 11 is 0. The molecule has 0 aliphatic heterocycles. The van der Waals surface area contributed by atoms with Gasteiger partial charge in [-0.15, -0.1) is 0 Å². The first kappa shape index (κ1) is 17.8. The van der Waals surface area contributed by atoms with Crippen LogP contribution in [0.3, 0.4) is 0 Å². The zero-order valence-corrected chi connectivity index (χ0v) is 15.1. The second kappa shape index (κ2) is 7.93. The van der Waals surface area contributed by atoms with E-state index in [0.717, 1.165) is 22.3 Å². The van der Waals surface area contributed by atoms with E-state index in [1.165, 1.54) is 5.56 Å². The lowest BCUT2D eigenvalue weighted by atomic mass is 10.1. The topological polar surface area (TPSA) is 50.7 Å². The smallest absolute Gasteiger partial charge is 0.163 e. The van der Waals surface area contributed by atoms with Gasteiger partial charge in [0.15, 0.2) is 5.82 Å². The molecule has 0 saturated heterocycles. The highest BCUT2D eigenvalue weighted by Crippen LogP contribution is 2.27. The maximum absolute atomic E-state index is 4.77. The highest BCUT2D eigenvalue weighted by atomic mass is 35.5. The molecule has 0 aliphatic carbocycles. The predicted molar refractivity (Wildman–Crippen MR) is 101 cm³/mol. The van der Waals surface area contributed by atoms with Crippen molar-refractivity contribution in [1.29, 1.82) is 0 Å². The number of nitrogens with one attached hydrogen (secondary N) is 1. The fourth-order valence-corrected chi connectivity index (χ4v) is 2.84. The first-order valence-corrected chi connectivity index (χ1v) is 8.30. The van der Waals surface area contributed by atoms with Gasteiger partial charge in [-0.1, -0.05) is 42.5 Å². The number of aromatic nitrogens is 3. The van der Waals surface area contributed by atoms with E-state index in [9.17, 15) is 0 Å². The summed E-state index contributed by atoms with van der Waals surface area (Å²) in [6, 6.07) is 22.4. The molecule has 1 atom stereocenters. The molecule has 0 saturated carbocycles. The van der Waals surface area contributed by atoms with Crippen molar-refractivity contribution < 1.29 is 12.4 Å². The lowest BCUT2D eigenvalue weighted by Gasteiger charge is -2.17. The van der Waals surface area contributed by atoms with Crippen molar-refractivity contribution in [2.45, 2.75) is 13.0 Å². The molecule has 2 heterocycles. The number of nitrogens with zero attached hydrogens (tertiary/aromatic N) is 3. The zero-order chi connectivity index (χ0) is 17.1. The standard InChI is InChI=1S/C21H18N4.ClH/c1-15(16-8-3-2-4-9-16)23-21-18-11-5-6-12-19(18)24-20(25-21)17-10-7-13-22-14-17;/h2-15H,1H3,(H,23,24,25);1H/p-1. The number of fused-ring (bicyclic) bond motifs is 1. The van der Waals surface area contributed by atoms with Crippen molar-refractivity contribution in [1.82, 2.24) is 15.0 Å². The van der Waals surface area contributed by atoms with E-state index in [1.807, 2.05) is 54.6 Å². The van der Waals surface area contributed by atoms with Gasteiger partial charge >= 0.3 is 0 Å². The summed E-state index contributed by atoms with van der Waals surface area (Å²) in [7, 11) is 0. The van der Waals surface area contributed by atoms with Gasteiger partial charge in [-0.3, -0.25) is 4.98 Å². The number of benzene rings is 2. The van der Waals surface area contributed by atoms with Gasteiger partial charge in [0, 0.05) is 29.4 Å². The number of hydrogen-bond acceptors (Lipinski definition) is 4. The summed E-state index contributed by atoms with van der Waals surface area (Å²) in [5, 5.41) is 4.55. The Morgan fingerprint density at radius 2 is 1.62 bits per heavy atom. The summed E-state index contributed by atoms with van der Waals surface area (Å²) in [5.74, 6) is 1.51. The zero-order valence-electron chi connectivity index (χ0n) is 14.3. The number of pyridine rings is 1. The SMILES string of the molecule is CC(Nc1nc(-c2cccnc2)nc2ccccc12)c1ccccc1.[Cl-]. The monoisotopic (exact) mass is 361 g/mol. The third kappa shape index (κ3) is 3.65. The first-order valence-electron chi connectivity index (χ1n) is 8.30. The van der Waals surface area contributed by atoms with Gasteiger partial charge < -0.3 is 17.7 Å². The first-order chi connectivity index (χ1) is 12.3. The van der Waals surface area contributed by atoms with Crippen LogP contribution in [0.1, 0.15) is 18.5 Å². The van der Waals surface area contributed by atoms with E-state index in [-0.39, 0.29) is 18.4 Å². The predicted octanol–water partition coefficient (Wildman–Crippen LogP) is 1.87. The molecule has 1 N–H and O–H groups in total. The van der Waals surface area contributed by atoms with Gasteiger partial charge in [0.25, 0.3) is 0 Å². The number of para-hydroxylation sites is 1. The third-order valence-electron chi connectivity index (χ3n) is 4.18. The Morgan fingerprint density at radius 3 is 2.38 bits per heavy atom. The van der Waals surface area contributed by atoms with Crippen LogP contribution in [0.2, 0.25) is 0 Å². The molecule has 0 aliphatic rings. The van der Waals surface area contributed by atoms with Crippen LogP contribution in [-0.2, 0) is 0 Å². The molecule has 0 bridgehead atoms. The molecule has 0 amide bonds. The molecular weight excluding hydrogens is 344 g/mol. The highest BCUT2D eigenvalue weighted by molar-refractivity contribution is 5.90. The Hall–Kier alpha value is -2.98. The van der Waals surface area contributed by atoms with Crippen LogP contribution in [0.15, 0.2) is 79.1 Å². The van der Waals surface area contributed by atoms with Gasteiger partial charge in [-0.05, 0) is 36.8 Å². The Balaban J connectivity index is 0.00000196. The maximum atomic E-state index is 4.77. The van der Waals surface area contributed by atoms with Crippen molar-refractivity contribution in [2.24, 2.45) is 0 Å². The molecule has 26 heavy (non-hydrogen) atoms. The summed E-state index contributed by atoms with van der Waals surface area (Å²) < 4.78 is 0. The Kier molecular flexibility index (Phi) is 5.44. The molecule has 4 nitrogen and oxygen atoms in total. The van der Waals surface area contributed by atoms with Crippen molar-refractivity contribution in [2.75, 3.05) is 5.32 Å². The second-order valence-corrected chi connectivity index (χ2v) is 5.93. The van der Waals surface area contributed by atoms with E-state index < -0.39 is 0 Å². The average molecular weight is 362 g/mol. The minimum absolute atomic E-state index is 0. The maximum Gasteiger partial charge on any atom is 0.163 e. The van der Waals surface area contributed by atoms with Crippen LogP contribution in [-0.4, -0.2) is 15.0 Å². The van der Waals surface area contributed by atoms with Gasteiger partial charge in [0.1, 0.15) is 5.82 Å². The van der Waals surface area contributed by atoms with Gasteiger partial charge in [0.2, 0.25) is 0 Å². The summed E-state index contributed by atoms with van der Waals surface area (Å²) in [6.07, 6.45) is 3.54. The van der Waals surface area contributed by atoms with E-state index in [1.54, 1.807) is 12.4 Å². The molecule has 0 spiro atoms. The molecule has 1 unspecified atom stereocenters. The summed E-state index contributed by atoms with van der Waals surface area (Å²) in [4.78, 5) is 13.6. The van der Waals surface area contributed by atoms with E-state index in [0.29, 0.717) is 5.82 Å². The van der Waals surface area contributed by atoms with E-state index in [2.05, 4.69) is 29.4 Å². The molecular formula is C21H18ClN4-.